The van der Waals surface area contributed by atoms with E-state index in [0.29, 0.717) is 12.2 Å². The molecule has 0 saturated carbocycles. The summed E-state index contributed by atoms with van der Waals surface area (Å²) < 4.78 is 6.17. The van der Waals surface area contributed by atoms with E-state index in [1.165, 1.54) is 0 Å². The molecule has 5 nitrogen and oxygen atoms in total. The second-order valence-electron chi connectivity index (χ2n) is 6.73. The van der Waals surface area contributed by atoms with Gasteiger partial charge in [0, 0.05) is 15.4 Å². The number of fused-ring (bicyclic) bond motifs is 3. The van der Waals surface area contributed by atoms with Gasteiger partial charge in [-0.05, 0) is 52.6 Å². The summed E-state index contributed by atoms with van der Waals surface area (Å²) in [7, 11) is 0. The number of esters is 1. The monoisotopic (exact) mass is 441 g/mol. The number of aliphatic carboxylic acids is 1. The van der Waals surface area contributed by atoms with Gasteiger partial charge in [0.05, 0.1) is 17.9 Å². The van der Waals surface area contributed by atoms with E-state index >= 15 is 0 Å². The molecule has 1 aromatic carbocycles. The Kier molecular flexibility index (Phi) is 4.85. The third-order valence-electron chi connectivity index (χ3n) is 4.47. The average Bonchev–Trinajstić information content (AvgIpc) is 3.01. The Bertz CT molecular complexity index is 713. The molecule has 1 aliphatic carbocycles. The Hall–Kier alpha value is -1.57. The van der Waals surface area contributed by atoms with Crippen LogP contribution in [0.5, 0.6) is 0 Å². The van der Waals surface area contributed by atoms with E-state index in [4.69, 9.17) is 4.74 Å². The maximum atomic E-state index is 12.3. The molecule has 2 N–H and O–H groups in total. The van der Waals surface area contributed by atoms with Crippen molar-refractivity contribution in [2.24, 2.45) is 11.8 Å². The van der Waals surface area contributed by atoms with Crippen LogP contribution in [0.3, 0.4) is 0 Å². The van der Waals surface area contributed by atoms with Gasteiger partial charge in [-0.3, -0.25) is 0 Å². The topological polar surface area (TPSA) is 75.6 Å². The van der Waals surface area contributed by atoms with Gasteiger partial charge in [0.2, 0.25) is 0 Å². The minimum absolute atomic E-state index is 0.0206. The molecule has 1 aromatic rings. The number of carbonyl (C=O) groups is 2. The van der Waals surface area contributed by atoms with Gasteiger partial charge in [-0.1, -0.05) is 26.0 Å². The molecule has 3 rings (SSSR count). The van der Waals surface area contributed by atoms with Gasteiger partial charge >= 0.3 is 11.9 Å². The van der Waals surface area contributed by atoms with E-state index in [0.717, 1.165) is 21.2 Å². The first-order chi connectivity index (χ1) is 11.4. The lowest BCUT2D eigenvalue weighted by molar-refractivity contribution is -0.139. The molecule has 1 aliphatic heterocycles. The Labute approximate surface area is 154 Å². The van der Waals surface area contributed by atoms with Gasteiger partial charge in [0.25, 0.3) is 0 Å². The number of hydrogen-bond acceptors (Lipinski definition) is 4. The van der Waals surface area contributed by atoms with Gasteiger partial charge in [-0.25, -0.2) is 9.59 Å². The summed E-state index contributed by atoms with van der Waals surface area (Å²) >= 11 is 2.14. The number of carboxylic acid groups (broad SMARTS) is 1. The molecule has 1 heterocycles. The van der Waals surface area contributed by atoms with Crippen molar-refractivity contribution in [3.63, 3.8) is 0 Å². The van der Waals surface area contributed by atoms with E-state index in [2.05, 4.69) is 34.0 Å². The van der Waals surface area contributed by atoms with Crippen molar-refractivity contribution < 1.29 is 19.4 Å². The number of ether oxygens (including phenoxy) is 1. The Morgan fingerprint density at radius 2 is 2.17 bits per heavy atom. The van der Waals surface area contributed by atoms with Crippen LogP contribution in [-0.2, 0) is 9.53 Å². The van der Waals surface area contributed by atoms with Crippen molar-refractivity contribution >= 4 is 40.2 Å². The number of carboxylic acids is 1. The van der Waals surface area contributed by atoms with Crippen molar-refractivity contribution in [3.8, 4) is 0 Å². The lowest BCUT2D eigenvalue weighted by Gasteiger charge is -2.35. The molecule has 3 atom stereocenters. The highest BCUT2D eigenvalue weighted by atomic mass is 127. The highest BCUT2D eigenvalue weighted by Gasteiger charge is 2.41. The van der Waals surface area contributed by atoms with E-state index in [1.807, 2.05) is 26.0 Å². The number of allylic oxidation sites excluding steroid dienone is 2. The quantitative estimate of drug-likeness (QED) is 0.424. The maximum Gasteiger partial charge on any atom is 0.338 e. The molecular formula is C18H20INO4. The van der Waals surface area contributed by atoms with Crippen LogP contribution in [0.1, 0.15) is 42.1 Å². The predicted molar refractivity (Wildman–Crippen MR) is 99.3 cm³/mol. The number of carbonyl (C=O) groups excluding carboxylic acids is 1. The van der Waals surface area contributed by atoms with Crippen LogP contribution in [0.4, 0.5) is 5.69 Å². The zero-order valence-corrected chi connectivity index (χ0v) is 15.7. The highest BCUT2D eigenvalue weighted by Crippen LogP contribution is 2.46. The number of nitrogens with one attached hydrogen (secondary N) is 1. The summed E-state index contributed by atoms with van der Waals surface area (Å²) in [6.45, 7) is 4.37. The van der Waals surface area contributed by atoms with Crippen molar-refractivity contribution in [2.45, 2.75) is 32.2 Å². The van der Waals surface area contributed by atoms with E-state index in [-0.39, 0.29) is 23.7 Å². The molecule has 128 valence electrons. The summed E-state index contributed by atoms with van der Waals surface area (Å²) in [6.07, 6.45) is 4.81. The minimum Gasteiger partial charge on any atom is -0.480 e. The van der Waals surface area contributed by atoms with Crippen LogP contribution < -0.4 is 5.32 Å². The van der Waals surface area contributed by atoms with Crippen molar-refractivity contribution in [1.29, 1.82) is 0 Å². The lowest BCUT2D eigenvalue weighted by atomic mass is 9.79. The van der Waals surface area contributed by atoms with Gasteiger partial charge in [-0.2, -0.15) is 0 Å². The van der Waals surface area contributed by atoms with Crippen LogP contribution in [0.25, 0.3) is 0 Å². The summed E-state index contributed by atoms with van der Waals surface area (Å²) in [5.41, 5.74) is 2.32. The molecule has 0 spiro atoms. The molecule has 0 fully saturated rings. The van der Waals surface area contributed by atoms with Gasteiger partial charge in [0.1, 0.15) is 6.04 Å². The number of hydrogen-bond donors (Lipinski definition) is 2. The number of halogens is 1. The van der Waals surface area contributed by atoms with Gasteiger partial charge < -0.3 is 15.2 Å². The highest BCUT2D eigenvalue weighted by molar-refractivity contribution is 14.1. The smallest absolute Gasteiger partial charge is 0.338 e. The van der Waals surface area contributed by atoms with Gasteiger partial charge in [0.15, 0.2) is 0 Å². The first kappa shape index (κ1) is 17.3. The SMILES string of the molecule is CC(C)COC(=O)c1cc(I)c2c(c1)C1C=CCC1C(C(=O)O)N2. The van der Waals surface area contributed by atoms with E-state index in [1.54, 1.807) is 6.07 Å². The van der Waals surface area contributed by atoms with Crippen LogP contribution in [-0.4, -0.2) is 29.7 Å². The molecule has 0 radical (unpaired) electrons. The molecule has 0 amide bonds. The van der Waals surface area contributed by atoms with Crippen LogP contribution in [0.2, 0.25) is 0 Å². The largest absolute Gasteiger partial charge is 0.480 e. The van der Waals surface area contributed by atoms with Crippen molar-refractivity contribution in [1.82, 2.24) is 0 Å². The normalized spacial score (nSPS) is 24.2. The molecule has 0 bridgehead atoms. The number of rotatable bonds is 4. The molecule has 24 heavy (non-hydrogen) atoms. The molecule has 0 aromatic heterocycles. The Morgan fingerprint density at radius 1 is 1.42 bits per heavy atom. The number of benzene rings is 1. The summed E-state index contributed by atoms with van der Waals surface area (Å²) in [5.74, 6) is -0.883. The zero-order valence-electron chi connectivity index (χ0n) is 13.6. The lowest BCUT2D eigenvalue weighted by Crippen LogP contribution is -2.42. The predicted octanol–water partition coefficient (Wildman–Crippen LogP) is 3.64. The minimum atomic E-state index is -0.837. The van der Waals surface area contributed by atoms with Gasteiger partial charge in [-0.15, -0.1) is 0 Å². The summed E-state index contributed by atoms with van der Waals surface area (Å²) in [5, 5.41) is 12.7. The van der Waals surface area contributed by atoms with E-state index in [9.17, 15) is 14.7 Å². The van der Waals surface area contributed by atoms with E-state index < -0.39 is 12.0 Å². The van der Waals surface area contributed by atoms with Crippen molar-refractivity contribution in [2.75, 3.05) is 11.9 Å². The second kappa shape index (κ2) is 6.74. The average molecular weight is 441 g/mol. The molecule has 3 unspecified atom stereocenters. The molecule has 2 aliphatic rings. The summed E-state index contributed by atoms with van der Waals surface area (Å²) in [4.78, 5) is 23.9. The first-order valence-corrected chi connectivity index (χ1v) is 9.13. The van der Waals surface area contributed by atoms with Crippen LogP contribution in [0.15, 0.2) is 24.3 Å². The Morgan fingerprint density at radius 3 is 2.83 bits per heavy atom. The third kappa shape index (κ3) is 3.16. The van der Waals surface area contributed by atoms with Crippen molar-refractivity contribution in [3.05, 3.63) is 39.0 Å². The molecule has 6 heteroatoms. The fraction of sp³-hybridized carbons (Fsp3) is 0.444. The molecule has 0 saturated heterocycles. The zero-order chi connectivity index (χ0) is 17.4. The third-order valence-corrected chi connectivity index (χ3v) is 5.32. The summed E-state index contributed by atoms with van der Waals surface area (Å²) in [6, 6.07) is 3.00. The maximum absolute atomic E-state index is 12.3. The van der Waals surface area contributed by atoms with Crippen LogP contribution in [0, 0.1) is 15.4 Å². The first-order valence-electron chi connectivity index (χ1n) is 8.05. The Balaban J connectivity index is 1.96. The molecular weight excluding hydrogens is 421 g/mol. The standard InChI is InChI=1S/C18H20INO4/c1-9(2)8-24-18(23)10-6-13-11-4-3-5-12(11)16(17(21)22)20-15(13)14(19)7-10/h3-4,6-7,9,11-12,16,20H,5,8H2,1-2H3,(H,21,22). The van der Waals surface area contributed by atoms with Crippen LogP contribution >= 0.6 is 22.6 Å². The fourth-order valence-corrected chi connectivity index (χ4v) is 4.15. The number of anilines is 1. The fourth-order valence-electron chi connectivity index (χ4n) is 3.34. The second-order valence-corrected chi connectivity index (χ2v) is 7.89.